The lowest BCUT2D eigenvalue weighted by Crippen LogP contribution is -2.33. The normalized spacial score (nSPS) is 11.3. The van der Waals surface area contributed by atoms with Crippen molar-refractivity contribution in [1.82, 2.24) is 14.9 Å². The summed E-state index contributed by atoms with van der Waals surface area (Å²) in [6.07, 6.45) is 2.85. The van der Waals surface area contributed by atoms with Crippen molar-refractivity contribution in [2.45, 2.75) is 13.2 Å². The Morgan fingerprint density at radius 2 is 1.97 bits per heavy atom. The van der Waals surface area contributed by atoms with Crippen molar-refractivity contribution in [2.24, 2.45) is 0 Å². The number of methoxy groups -OCH3 is 2. The molecule has 0 saturated heterocycles. The number of para-hydroxylation sites is 1. The Balaban J connectivity index is 1.79. The lowest BCUT2D eigenvalue weighted by molar-refractivity contribution is -0.127. The molecule has 2 aromatic carbocycles. The third-order valence-electron chi connectivity index (χ3n) is 4.70. The molecule has 8 nitrogen and oxygen atoms in total. The van der Waals surface area contributed by atoms with Gasteiger partial charge in [0, 0.05) is 19.7 Å². The number of carbonyl (C=O) groups excluding carboxylic acids is 1. The summed E-state index contributed by atoms with van der Waals surface area (Å²) < 4.78 is 39.5. The lowest BCUT2D eigenvalue weighted by atomic mass is 10.2. The third-order valence-corrected chi connectivity index (χ3v) is 4.70. The number of ether oxygens (including phenoxy) is 3. The summed E-state index contributed by atoms with van der Waals surface area (Å²) in [7, 11) is 2.85. The smallest absolute Gasteiger partial charge is 0.387 e. The standard InChI is InChI=1S/C23H23F2N3O5/c1-31-12-11-28(14-20-26-17-6-4-3-5-16(17)22(30)27-20)21(29)10-8-15-7-9-18(33-23(24)25)19(13-15)32-2/h3-10,13,23H,11-12,14H2,1-2H3,(H,26,27,30)/b10-8+. The van der Waals surface area contributed by atoms with Gasteiger partial charge >= 0.3 is 6.61 Å². The van der Waals surface area contributed by atoms with Gasteiger partial charge in [0.2, 0.25) is 5.91 Å². The maximum atomic E-state index is 12.9. The van der Waals surface area contributed by atoms with Crippen molar-refractivity contribution in [3.63, 3.8) is 0 Å². The van der Waals surface area contributed by atoms with E-state index in [1.54, 1.807) is 24.3 Å². The van der Waals surface area contributed by atoms with Crippen LogP contribution in [0, 0.1) is 0 Å². The van der Waals surface area contributed by atoms with Crippen LogP contribution in [0.4, 0.5) is 8.78 Å². The summed E-state index contributed by atoms with van der Waals surface area (Å²) in [5.74, 6) is -0.00966. The van der Waals surface area contributed by atoms with Crippen molar-refractivity contribution in [3.8, 4) is 11.5 Å². The minimum atomic E-state index is -2.98. The van der Waals surface area contributed by atoms with Crippen molar-refractivity contribution in [3.05, 3.63) is 70.3 Å². The number of aromatic amines is 1. The van der Waals surface area contributed by atoms with E-state index >= 15 is 0 Å². The number of nitrogens with zero attached hydrogens (tertiary/aromatic N) is 2. The van der Waals surface area contributed by atoms with Gasteiger partial charge in [0.25, 0.3) is 5.56 Å². The Bertz CT molecular complexity index is 1200. The Hall–Kier alpha value is -3.79. The molecule has 0 unspecified atom stereocenters. The topological polar surface area (TPSA) is 93.8 Å². The van der Waals surface area contributed by atoms with E-state index in [0.717, 1.165) is 0 Å². The molecule has 1 heterocycles. The van der Waals surface area contributed by atoms with Crippen LogP contribution in [-0.4, -0.2) is 54.8 Å². The van der Waals surface area contributed by atoms with Crippen LogP contribution in [0.3, 0.4) is 0 Å². The highest BCUT2D eigenvalue weighted by atomic mass is 19.3. The number of nitrogens with one attached hydrogen (secondary N) is 1. The average Bonchev–Trinajstić information content (AvgIpc) is 2.80. The Kier molecular flexibility index (Phi) is 8.09. The fourth-order valence-corrected chi connectivity index (χ4v) is 3.11. The molecule has 0 atom stereocenters. The molecule has 0 spiro atoms. The summed E-state index contributed by atoms with van der Waals surface area (Å²) in [6, 6.07) is 11.3. The molecule has 33 heavy (non-hydrogen) atoms. The summed E-state index contributed by atoms with van der Waals surface area (Å²) in [6.45, 7) is -2.37. The van der Waals surface area contributed by atoms with Gasteiger partial charge in [0.15, 0.2) is 11.5 Å². The number of halogens is 2. The molecule has 3 rings (SSSR count). The lowest BCUT2D eigenvalue weighted by Gasteiger charge is -2.20. The molecule has 174 valence electrons. The predicted octanol–water partition coefficient (Wildman–Crippen LogP) is 3.22. The average molecular weight is 459 g/mol. The third kappa shape index (κ3) is 6.36. The molecular formula is C23H23F2N3O5. The zero-order chi connectivity index (χ0) is 23.8. The van der Waals surface area contributed by atoms with Gasteiger partial charge in [-0.25, -0.2) is 4.98 Å². The van der Waals surface area contributed by atoms with Gasteiger partial charge in [0.05, 0.1) is 31.2 Å². The second kappa shape index (κ2) is 11.2. The van der Waals surface area contributed by atoms with Gasteiger partial charge in [0.1, 0.15) is 5.82 Å². The van der Waals surface area contributed by atoms with Crippen LogP contribution < -0.4 is 15.0 Å². The Morgan fingerprint density at radius 3 is 2.70 bits per heavy atom. The summed E-state index contributed by atoms with van der Waals surface area (Å²) in [5, 5.41) is 0.462. The maximum Gasteiger partial charge on any atom is 0.387 e. The largest absolute Gasteiger partial charge is 0.493 e. The Labute approximate surface area is 188 Å². The summed E-state index contributed by atoms with van der Waals surface area (Å²) in [4.78, 5) is 33.8. The fraction of sp³-hybridized carbons (Fsp3) is 0.261. The molecule has 0 fully saturated rings. The number of amides is 1. The van der Waals surface area contributed by atoms with Crippen LogP contribution in [0.25, 0.3) is 17.0 Å². The molecule has 10 heteroatoms. The SMILES string of the molecule is COCCN(Cc1nc2ccccc2c(=O)[nH]1)C(=O)/C=C/c1ccc(OC(F)F)c(OC)c1. The predicted molar refractivity (Wildman–Crippen MR) is 118 cm³/mol. The molecule has 0 saturated carbocycles. The van der Waals surface area contributed by atoms with E-state index in [2.05, 4.69) is 14.7 Å². The highest BCUT2D eigenvalue weighted by molar-refractivity contribution is 5.91. The van der Waals surface area contributed by atoms with E-state index < -0.39 is 6.61 Å². The molecule has 3 aromatic rings. The van der Waals surface area contributed by atoms with Crippen LogP contribution >= 0.6 is 0 Å². The summed E-state index contributed by atoms with van der Waals surface area (Å²) in [5.41, 5.74) is 0.790. The van der Waals surface area contributed by atoms with Crippen LogP contribution in [0.15, 0.2) is 53.3 Å². The van der Waals surface area contributed by atoms with Gasteiger partial charge in [-0.3, -0.25) is 9.59 Å². The van der Waals surface area contributed by atoms with Crippen LogP contribution in [-0.2, 0) is 16.1 Å². The molecule has 0 aliphatic carbocycles. The van der Waals surface area contributed by atoms with Crippen molar-refractivity contribution in [1.29, 1.82) is 0 Å². The van der Waals surface area contributed by atoms with Gasteiger partial charge in [-0.1, -0.05) is 18.2 Å². The maximum absolute atomic E-state index is 12.9. The second-order valence-corrected chi connectivity index (χ2v) is 6.90. The molecule has 1 amide bonds. The molecule has 1 aromatic heterocycles. The molecule has 0 bridgehead atoms. The number of H-pyrrole nitrogens is 1. The summed E-state index contributed by atoms with van der Waals surface area (Å²) >= 11 is 0. The molecule has 0 aliphatic rings. The number of rotatable bonds is 10. The molecule has 0 aliphatic heterocycles. The number of aromatic nitrogens is 2. The van der Waals surface area contributed by atoms with Gasteiger partial charge in [-0.2, -0.15) is 8.78 Å². The monoisotopic (exact) mass is 459 g/mol. The van der Waals surface area contributed by atoms with Crippen molar-refractivity contribution in [2.75, 3.05) is 27.4 Å². The quantitative estimate of drug-likeness (QED) is 0.468. The highest BCUT2D eigenvalue weighted by Gasteiger charge is 2.15. The van der Waals surface area contributed by atoms with E-state index in [1.165, 1.54) is 49.5 Å². The minimum absolute atomic E-state index is 0.0666. The number of fused-ring (bicyclic) bond motifs is 1. The van der Waals surface area contributed by atoms with Crippen LogP contribution in [0.5, 0.6) is 11.5 Å². The first-order chi connectivity index (χ1) is 15.9. The second-order valence-electron chi connectivity index (χ2n) is 6.90. The van der Waals surface area contributed by atoms with E-state index in [4.69, 9.17) is 9.47 Å². The highest BCUT2D eigenvalue weighted by Crippen LogP contribution is 2.29. The first-order valence-electron chi connectivity index (χ1n) is 9.98. The van der Waals surface area contributed by atoms with E-state index in [9.17, 15) is 18.4 Å². The Morgan fingerprint density at radius 1 is 1.18 bits per heavy atom. The first-order valence-corrected chi connectivity index (χ1v) is 9.98. The van der Waals surface area contributed by atoms with Gasteiger partial charge in [-0.15, -0.1) is 0 Å². The van der Waals surface area contributed by atoms with Crippen molar-refractivity contribution >= 4 is 22.9 Å². The van der Waals surface area contributed by atoms with E-state index in [1.807, 2.05) is 0 Å². The van der Waals surface area contributed by atoms with Gasteiger partial charge < -0.3 is 24.1 Å². The van der Waals surface area contributed by atoms with E-state index in [0.29, 0.717) is 22.3 Å². The number of carbonyl (C=O) groups is 1. The van der Waals surface area contributed by atoms with Crippen molar-refractivity contribution < 1.29 is 27.8 Å². The van der Waals surface area contributed by atoms with E-state index in [-0.39, 0.29) is 42.7 Å². The minimum Gasteiger partial charge on any atom is -0.493 e. The molecule has 0 radical (unpaired) electrons. The zero-order valence-electron chi connectivity index (χ0n) is 18.1. The first kappa shape index (κ1) is 23.9. The number of benzene rings is 2. The fourth-order valence-electron chi connectivity index (χ4n) is 3.11. The molecule has 1 N–H and O–H groups in total. The number of hydrogen-bond donors (Lipinski definition) is 1. The number of hydrogen-bond acceptors (Lipinski definition) is 6. The van der Waals surface area contributed by atoms with Crippen LogP contribution in [0.1, 0.15) is 11.4 Å². The number of alkyl halides is 2. The zero-order valence-corrected chi connectivity index (χ0v) is 18.1. The van der Waals surface area contributed by atoms with Crippen LogP contribution in [0.2, 0.25) is 0 Å². The molecular weight excluding hydrogens is 436 g/mol. The van der Waals surface area contributed by atoms with Gasteiger partial charge in [-0.05, 0) is 35.9 Å².